The highest BCUT2D eigenvalue weighted by Crippen LogP contribution is 2.30. The Balaban J connectivity index is 1.85. The minimum Gasteiger partial charge on any atom is -0.457 e. The molecule has 1 saturated heterocycles. The number of anilines is 1. The van der Waals surface area contributed by atoms with Crippen LogP contribution < -0.4 is 10.1 Å². The van der Waals surface area contributed by atoms with Crippen molar-refractivity contribution in [1.29, 1.82) is 0 Å². The van der Waals surface area contributed by atoms with Crippen molar-refractivity contribution in [3.05, 3.63) is 59.7 Å². The van der Waals surface area contributed by atoms with Gasteiger partial charge in [-0.1, -0.05) is 18.2 Å². The van der Waals surface area contributed by atoms with Gasteiger partial charge in [0.1, 0.15) is 17.1 Å². The zero-order valence-electron chi connectivity index (χ0n) is 15.6. The molecule has 0 aliphatic carbocycles. The number of amides is 1. The van der Waals surface area contributed by atoms with Crippen LogP contribution in [0.1, 0.15) is 26.3 Å². The number of ether oxygens (including phenoxy) is 3. The first kappa shape index (κ1) is 19.2. The summed E-state index contributed by atoms with van der Waals surface area (Å²) < 4.78 is 16.1. The Bertz CT molecular complexity index is 937. The number of esters is 2. The number of hydrogen-bond donors (Lipinski definition) is 1. The van der Waals surface area contributed by atoms with E-state index in [1.807, 2.05) is 0 Å². The van der Waals surface area contributed by atoms with Crippen LogP contribution >= 0.6 is 0 Å². The van der Waals surface area contributed by atoms with Crippen molar-refractivity contribution in [3.63, 3.8) is 0 Å². The van der Waals surface area contributed by atoms with Crippen LogP contribution in [0, 0.1) is 0 Å². The monoisotopic (exact) mass is 381 g/mol. The van der Waals surface area contributed by atoms with Gasteiger partial charge in [0.05, 0.1) is 0 Å². The summed E-state index contributed by atoms with van der Waals surface area (Å²) in [7, 11) is 0. The highest BCUT2D eigenvalue weighted by molar-refractivity contribution is 6.19. The molecule has 0 unspecified atom stereocenters. The molecule has 0 aromatic heterocycles. The van der Waals surface area contributed by atoms with E-state index in [4.69, 9.17) is 14.2 Å². The molecule has 1 aliphatic rings. The lowest BCUT2D eigenvalue weighted by Crippen LogP contribution is -2.41. The van der Waals surface area contributed by atoms with Crippen LogP contribution in [0.3, 0.4) is 0 Å². The van der Waals surface area contributed by atoms with Crippen LogP contribution in [0.25, 0.3) is 6.08 Å². The molecule has 1 fully saturated rings. The van der Waals surface area contributed by atoms with Crippen molar-refractivity contribution >= 4 is 29.6 Å². The average Bonchev–Trinajstić information content (AvgIpc) is 2.60. The SMILES string of the molecule is CC(=O)Nc1ccc(Oc2ccccc2C=C2C(=O)OC(C)(C)OC2=O)cc1. The van der Waals surface area contributed by atoms with Crippen molar-refractivity contribution < 1.29 is 28.6 Å². The molecule has 1 N–H and O–H groups in total. The third-order valence-corrected chi connectivity index (χ3v) is 3.74. The zero-order valence-corrected chi connectivity index (χ0v) is 15.6. The van der Waals surface area contributed by atoms with E-state index in [-0.39, 0.29) is 11.5 Å². The zero-order chi connectivity index (χ0) is 20.3. The van der Waals surface area contributed by atoms with Crippen molar-refractivity contribution in [1.82, 2.24) is 0 Å². The summed E-state index contributed by atoms with van der Waals surface area (Å²) in [4.78, 5) is 35.4. The smallest absolute Gasteiger partial charge is 0.348 e. The predicted octanol–water partition coefficient (Wildman–Crippen LogP) is 3.66. The highest BCUT2D eigenvalue weighted by Gasteiger charge is 2.38. The van der Waals surface area contributed by atoms with Crippen LogP contribution in [-0.4, -0.2) is 23.6 Å². The molecule has 7 heteroatoms. The lowest BCUT2D eigenvalue weighted by molar-refractivity contribution is -0.222. The largest absolute Gasteiger partial charge is 0.457 e. The molecule has 2 aromatic carbocycles. The van der Waals surface area contributed by atoms with E-state index in [1.54, 1.807) is 48.5 Å². The Morgan fingerprint density at radius 1 is 1.00 bits per heavy atom. The van der Waals surface area contributed by atoms with Crippen molar-refractivity contribution in [3.8, 4) is 11.5 Å². The van der Waals surface area contributed by atoms with E-state index in [1.165, 1.54) is 26.8 Å². The van der Waals surface area contributed by atoms with Gasteiger partial charge >= 0.3 is 11.9 Å². The fourth-order valence-corrected chi connectivity index (χ4v) is 2.56. The van der Waals surface area contributed by atoms with E-state index in [2.05, 4.69) is 5.32 Å². The highest BCUT2D eigenvalue weighted by atomic mass is 16.7. The number of benzene rings is 2. The van der Waals surface area contributed by atoms with Gasteiger partial charge in [-0.25, -0.2) is 9.59 Å². The minimum absolute atomic E-state index is 0.167. The number of para-hydroxylation sites is 1. The first-order valence-electron chi connectivity index (χ1n) is 8.56. The standard InChI is InChI=1S/C21H19NO6/c1-13(23)22-15-8-10-16(11-9-15)26-18-7-5-4-6-14(18)12-17-19(24)27-21(2,3)28-20(17)25/h4-12H,1-3H3,(H,22,23). The second-order valence-corrected chi connectivity index (χ2v) is 6.58. The molecule has 0 bridgehead atoms. The van der Waals surface area contributed by atoms with E-state index in [0.29, 0.717) is 22.7 Å². The molecule has 144 valence electrons. The first-order valence-corrected chi connectivity index (χ1v) is 8.56. The maximum atomic E-state index is 12.2. The van der Waals surface area contributed by atoms with Gasteiger partial charge in [-0.05, 0) is 36.4 Å². The lowest BCUT2D eigenvalue weighted by atomic mass is 10.1. The van der Waals surface area contributed by atoms with Crippen molar-refractivity contribution in [2.45, 2.75) is 26.6 Å². The van der Waals surface area contributed by atoms with Crippen LogP contribution in [0.2, 0.25) is 0 Å². The maximum absolute atomic E-state index is 12.2. The van der Waals surface area contributed by atoms with Gasteiger partial charge in [-0.2, -0.15) is 0 Å². The van der Waals surface area contributed by atoms with Crippen LogP contribution in [0.5, 0.6) is 11.5 Å². The molecule has 0 saturated carbocycles. The predicted molar refractivity (Wildman–Crippen MR) is 102 cm³/mol. The lowest BCUT2D eigenvalue weighted by Gasteiger charge is -2.29. The summed E-state index contributed by atoms with van der Waals surface area (Å²) in [5, 5.41) is 2.67. The Kier molecular flexibility index (Phi) is 5.17. The summed E-state index contributed by atoms with van der Waals surface area (Å²) >= 11 is 0. The summed E-state index contributed by atoms with van der Waals surface area (Å²) in [5.41, 5.74) is 0.944. The molecule has 7 nitrogen and oxygen atoms in total. The Morgan fingerprint density at radius 3 is 2.21 bits per heavy atom. The van der Waals surface area contributed by atoms with Gasteiger partial charge in [-0.15, -0.1) is 0 Å². The third kappa shape index (κ3) is 4.56. The molecule has 1 aliphatic heterocycles. The quantitative estimate of drug-likeness (QED) is 0.494. The number of cyclic esters (lactones) is 2. The Labute approximate surface area is 161 Å². The molecular weight excluding hydrogens is 362 g/mol. The second kappa shape index (κ2) is 7.56. The van der Waals surface area contributed by atoms with Crippen LogP contribution in [-0.2, 0) is 23.9 Å². The fraction of sp³-hybridized carbons (Fsp3) is 0.190. The van der Waals surface area contributed by atoms with E-state index in [9.17, 15) is 14.4 Å². The molecule has 2 aromatic rings. The molecule has 3 rings (SSSR count). The molecule has 0 radical (unpaired) electrons. The molecule has 0 atom stereocenters. The minimum atomic E-state index is -1.29. The number of hydrogen-bond acceptors (Lipinski definition) is 6. The number of carbonyl (C=O) groups is 3. The van der Waals surface area contributed by atoms with Crippen LogP contribution in [0.15, 0.2) is 54.1 Å². The van der Waals surface area contributed by atoms with Crippen molar-refractivity contribution in [2.24, 2.45) is 0 Å². The number of nitrogens with one attached hydrogen (secondary N) is 1. The molecular formula is C21H19NO6. The van der Waals surface area contributed by atoms with Gasteiger partial charge < -0.3 is 19.5 Å². The summed E-state index contributed by atoms with van der Waals surface area (Å²) in [6, 6.07) is 13.7. The maximum Gasteiger partial charge on any atom is 0.348 e. The van der Waals surface area contributed by atoms with E-state index >= 15 is 0 Å². The molecule has 1 heterocycles. The number of rotatable bonds is 4. The third-order valence-electron chi connectivity index (χ3n) is 3.74. The molecule has 28 heavy (non-hydrogen) atoms. The Hall–Kier alpha value is -3.61. The average molecular weight is 381 g/mol. The summed E-state index contributed by atoms with van der Waals surface area (Å²) in [6.45, 7) is 4.40. The van der Waals surface area contributed by atoms with E-state index in [0.717, 1.165) is 0 Å². The second-order valence-electron chi connectivity index (χ2n) is 6.58. The Morgan fingerprint density at radius 2 is 1.61 bits per heavy atom. The summed E-state index contributed by atoms with van der Waals surface area (Å²) in [5.74, 6) is -2.01. The van der Waals surface area contributed by atoms with Crippen LogP contribution in [0.4, 0.5) is 5.69 Å². The van der Waals surface area contributed by atoms with Crippen molar-refractivity contribution in [2.75, 3.05) is 5.32 Å². The summed E-state index contributed by atoms with van der Waals surface area (Å²) in [6.07, 6.45) is 1.38. The van der Waals surface area contributed by atoms with Gasteiger partial charge in [0.25, 0.3) is 5.79 Å². The van der Waals surface area contributed by atoms with E-state index < -0.39 is 17.7 Å². The van der Waals surface area contributed by atoms with Gasteiger partial charge in [-0.3, -0.25) is 4.79 Å². The van der Waals surface area contributed by atoms with Gasteiger partial charge in [0.2, 0.25) is 5.91 Å². The first-order chi connectivity index (χ1) is 13.2. The number of carbonyl (C=O) groups excluding carboxylic acids is 3. The fourth-order valence-electron chi connectivity index (χ4n) is 2.56. The normalized spacial score (nSPS) is 15.3. The topological polar surface area (TPSA) is 90.9 Å². The molecule has 0 spiro atoms. The van der Waals surface area contributed by atoms with Gasteiger partial charge in [0.15, 0.2) is 0 Å². The van der Waals surface area contributed by atoms with Gasteiger partial charge in [0, 0.05) is 32.0 Å². The molecule has 1 amide bonds.